The van der Waals surface area contributed by atoms with Gasteiger partial charge in [0.15, 0.2) is 0 Å². The van der Waals surface area contributed by atoms with Crippen LogP contribution in [0.3, 0.4) is 0 Å². The summed E-state index contributed by atoms with van der Waals surface area (Å²) in [4.78, 5) is 2.97. The lowest BCUT2D eigenvalue weighted by Crippen LogP contribution is -2.37. The minimum absolute atomic E-state index is 0.481. The third-order valence-corrected chi connectivity index (χ3v) is 4.66. The van der Waals surface area contributed by atoms with E-state index in [2.05, 4.69) is 37.9 Å². The van der Waals surface area contributed by atoms with Crippen LogP contribution in [0.1, 0.15) is 44.2 Å². The molecule has 2 unspecified atom stereocenters. The van der Waals surface area contributed by atoms with Crippen molar-refractivity contribution in [1.29, 1.82) is 0 Å². The molecule has 0 spiro atoms. The number of nitrogens with zero attached hydrogens (tertiary/aromatic N) is 1. The molecular weight excluding hydrogens is 264 g/mol. The Balaban J connectivity index is 2.02. The zero-order valence-electron chi connectivity index (χ0n) is 12.8. The molecule has 110 valence electrons. The summed E-state index contributed by atoms with van der Waals surface area (Å²) in [5.41, 5.74) is 7.97. The fourth-order valence-corrected chi connectivity index (χ4v) is 3.63. The molecule has 2 N–H and O–H groups in total. The van der Waals surface area contributed by atoms with Crippen molar-refractivity contribution >= 4 is 17.2 Å². The van der Waals surface area contributed by atoms with Crippen molar-refractivity contribution in [3.8, 4) is 0 Å². The molecule has 2 rings (SSSR count). The van der Waals surface area contributed by atoms with Crippen LogP contribution in [0.15, 0.2) is 24.3 Å². The molecule has 1 saturated carbocycles. The summed E-state index contributed by atoms with van der Waals surface area (Å²) in [7, 11) is 2.24. The molecule has 20 heavy (non-hydrogen) atoms. The SMILES string of the molecule is CC1CC(C)CC(N(C)Cc2cccc(C(N)=S)c2)C1. The van der Waals surface area contributed by atoms with E-state index in [1.54, 1.807) is 0 Å². The van der Waals surface area contributed by atoms with E-state index in [0.29, 0.717) is 11.0 Å². The molecule has 1 aromatic carbocycles. The maximum atomic E-state index is 5.71. The number of nitrogens with two attached hydrogens (primary N) is 1. The maximum Gasteiger partial charge on any atom is 0.103 e. The van der Waals surface area contributed by atoms with E-state index in [1.165, 1.54) is 24.8 Å². The highest BCUT2D eigenvalue weighted by Gasteiger charge is 2.26. The smallest absolute Gasteiger partial charge is 0.103 e. The lowest BCUT2D eigenvalue weighted by molar-refractivity contribution is 0.128. The highest BCUT2D eigenvalue weighted by atomic mass is 32.1. The first kappa shape index (κ1) is 15.5. The number of rotatable bonds is 4. The van der Waals surface area contributed by atoms with E-state index in [-0.39, 0.29) is 0 Å². The molecule has 0 amide bonds. The Morgan fingerprint density at radius 3 is 2.50 bits per heavy atom. The Morgan fingerprint density at radius 2 is 1.90 bits per heavy atom. The maximum absolute atomic E-state index is 5.71. The molecule has 0 aliphatic heterocycles. The first-order valence-corrected chi connectivity index (χ1v) is 7.95. The molecule has 1 aliphatic rings. The Labute approximate surface area is 128 Å². The molecular formula is C17H26N2S. The lowest BCUT2D eigenvalue weighted by Gasteiger charge is -2.37. The minimum Gasteiger partial charge on any atom is -0.389 e. The van der Waals surface area contributed by atoms with Crippen LogP contribution in [0, 0.1) is 11.8 Å². The van der Waals surface area contributed by atoms with Gasteiger partial charge in [-0.05, 0) is 49.8 Å². The fourth-order valence-electron chi connectivity index (χ4n) is 3.50. The molecule has 0 saturated heterocycles. The minimum atomic E-state index is 0.481. The van der Waals surface area contributed by atoms with Crippen LogP contribution in [0.4, 0.5) is 0 Å². The van der Waals surface area contributed by atoms with Gasteiger partial charge in [-0.3, -0.25) is 4.90 Å². The quantitative estimate of drug-likeness (QED) is 0.860. The third-order valence-electron chi connectivity index (χ3n) is 4.42. The van der Waals surface area contributed by atoms with E-state index in [4.69, 9.17) is 18.0 Å². The lowest BCUT2D eigenvalue weighted by atomic mass is 9.80. The normalized spacial score (nSPS) is 26.7. The Kier molecular flexibility index (Phi) is 5.17. The molecule has 3 heteroatoms. The average Bonchev–Trinajstić information content (AvgIpc) is 2.37. The zero-order valence-corrected chi connectivity index (χ0v) is 13.6. The van der Waals surface area contributed by atoms with Crippen molar-refractivity contribution in [3.63, 3.8) is 0 Å². The Morgan fingerprint density at radius 1 is 1.25 bits per heavy atom. The summed E-state index contributed by atoms with van der Waals surface area (Å²) in [6.07, 6.45) is 4.01. The van der Waals surface area contributed by atoms with Crippen LogP contribution in [0.5, 0.6) is 0 Å². The monoisotopic (exact) mass is 290 g/mol. The van der Waals surface area contributed by atoms with Crippen molar-refractivity contribution in [2.45, 2.75) is 45.7 Å². The van der Waals surface area contributed by atoms with Crippen LogP contribution < -0.4 is 5.73 Å². The summed E-state index contributed by atoms with van der Waals surface area (Å²) in [6.45, 7) is 5.73. The van der Waals surface area contributed by atoms with Crippen molar-refractivity contribution < 1.29 is 0 Å². The second-order valence-corrected chi connectivity index (χ2v) is 6.99. The fraction of sp³-hybridized carbons (Fsp3) is 0.588. The summed E-state index contributed by atoms with van der Waals surface area (Å²) in [6, 6.07) is 9.00. The summed E-state index contributed by atoms with van der Waals surface area (Å²) < 4.78 is 0. The largest absolute Gasteiger partial charge is 0.389 e. The first-order chi connectivity index (χ1) is 9.45. The number of benzene rings is 1. The van der Waals surface area contributed by atoms with Gasteiger partial charge in [-0.25, -0.2) is 0 Å². The van der Waals surface area contributed by atoms with Gasteiger partial charge >= 0.3 is 0 Å². The molecule has 1 aliphatic carbocycles. The second kappa shape index (κ2) is 6.68. The molecule has 2 atom stereocenters. The van der Waals surface area contributed by atoms with Gasteiger partial charge in [0.2, 0.25) is 0 Å². The van der Waals surface area contributed by atoms with E-state index in [1.807, 2.05) is 12.1 Å². The number of thiocarbonyl (C=S) groups is 1. The van der Waals surface area contributed by atoms with Gasteiger partial charge < -0.3 is 5.73 Å². The van der Waals surface area contributed by atoms with E-state index in [9.17, 15) is 0 Å². The van der Waals surface area contributed by atoms with Crippen LogP contribution in [0.2, 0.25) is 0 Å². The van der Waals surface area contributed by atoms with E-state index >= 15 is 0 Å². The van der Waals surface area contributed by atoms with Crippen LogP contribution >= 0.6 is 12.2 Å². The molecule has 1 aromatic rings. The van der Waals surface area contributed by atoms with Crippen LogP contribution in [0.25, 0.3) is 0 Å². The van der Waals surface area contributed by atoms with Crippen molar-refractivity contribution in [2.75, 3.05) is 7.05 Å². The zero-order chi connectivity index (χ0) is 14.7. The summed E-state index contributed by atoms with van der Waals surface area (Å²) in [5.74, 6) is 1.68. The van der Waals surface area contributed by atoms with Gasteiger partial charge in [-0.2, -0.15) is 0 Å². The predicted octanol–water partition coefficient (Wildman–Crippen LogP) is 3.58. The van der Waals surface area contributed by atoms with Gasteiger partial charge in [0.25, 0.3) is 0 Å². The standard InChI is InChI=1S/C17H26N2S/c1-12-7-13(2)9-16(8-12)19(3)11-14-5-4-6-15(10-14)17(18)20/h4-6,10,12-13,16H,7-9,11H2,1-3H3,(H2,18,20). The summed E-state index contributed by atoms with van der Waals surface area (Å²) >= 11 is 5.06. The Hall–Kier alpha value is -0.930. The van der Waals surface area contributed by atoms with Crippen molar-refractivity contribution in [1.82, 2.24) is 4.90 Å². The predicted molar refractivity (Wildman–Crippen MR) is 89.8 cm³/mol. The highest BCUT2D eigenvalue weighted by Crippen LogP contribution is 2.31. The molecule has 0 heterocycles. The number of hydrogen-bond donors (Lipinski definition) is 1. The van der Waals surface area contributed by atoms with Crippen LogP contribution in [-0.4, -0.2) is 23.0 Å². The van der Waals surface area contributed by atoms with Gasteiger partial charge in [0.05, 0.1) is 0 Å². The average molecular weight is 290 g/mol. The molecule has 0 radical (unpaired) electrons. The van der Waals surface area contributed by atoms with E-state index in [0.717, 1.165) is 23.9 Å². The Bertz CT molecular complexity index is 462. The summed E-state index contributed by atoms with van der Waals surface area (Å²) in [5, 5.41) is 0. The first-order valence-electron chi connectivity index (χ1n) is 7.54. The topological polar surface area (TPSA) is 29.3 Å². The van der Waals surface area contributed by atoms with Gasteiger partial charge in [-0.1, -0.05) is 44.3 Å². The highest BCUT2D eigenvalue weighted by molar-refractivity contribution is 7.80. The van der Waals surface area contributed by atoms with Crippen molar-refractivity contribution in [2.24, 2.45) is 17.6 Å². The third kappa shape index (κ3) is 4.03. The van der Waals surface area contributed by atoms with Gasteiger partial charge in [0.1, 0.15) is 4.99 Å². The van der Waals surface area contributed by atoms with E-state index < -0.39 is 0 Å². The number of hydrogen-bond acceptors (Lipinski definition) is 2. The molecule has 0 aromatic heterocycles. The van der Waals surface area contributed by atoms with Gasteiger partial charge in [-0.15, -0.1) is 0 Å². The molecule has 2 nitrogen and oxygen atoms in total. The second-order valence-electron chi connectivity index (χ2n) is 6.55. The van der Waals surface area contributed by atoms with Crippen molar-refractivity contribution in [3.05, 3.63) is 35.4 Å². The van der Waals surface area contributed by atoms with Crippen LogP contribution in [-0.2, 0) is 6.54 Å². The van der Waals surface area contributed by atoms with Gasteiger partial charge in [0, 0.05) is 18.2 Å². The molecule has 0 bridgehead atoms. The molecule has 1 fully saturated rings.